The minimum atomic E-state index is -0.323. The average Bonchev–Trinajstić information content (AvgIpc) is 2.71. The van der Waals surface area contributed by atoms with E-state index in [0.29, 0.717) is 21.9 Å². The fraction of sp³-hybridized carbons (Fsp3) is 0.200. The zero-order valence-electron chi connectivity index (χ0n) is 8.74. The molecule has 0 unspecified atom stereocenters. The molecule has 16 heavy (non-hydrogen) atoms. The number of halogens is 2. The minimum absolute atomic E-state index is 0.323. The van der Waals surface area contributed by atoms with Gasteiger partial charge in [-0.2, -0.15) is 0 Å². The van der Waals surface area contributed by atoms with Gasteiger partial charge in [-0.1, -0.05) is 5.10 Å². The average molecular weight is 286 g/mol. The lowest BCUT2D eigenvalue weighted by atomic mass is 10.2. The summed E-state index contributed by atoms with van der Waals surface area (Å²) in [7, 11) is 3.61. The Kier molecular flexibility index (Phi) is 2.91. The first-order chi connectivity index (χ1) is 7.58. The number of nitrogens with zero attached hydrogens (tertiary/aromatic N) is 3. The zero-order chi connectivity index (χ0) is 11.7. The molecular formula is C10H9BrFN3O. The highest BCUT2D eigenvalue weighted by Gasteiger charge is 2.11. The van der Waals surface area contributed by atoms with Crippen LogP contribution in [0, 0.1) is 5.82 Å². The Balaban J connectivity index is 2.39. The van der Waals surface area contributed by atoms with Crippen molar-refractivity contribution in [3.63, 3.8) is 0 Å². The van der Waals surface area contributed by atoms with E-state index in [4.69, 9.17) is 4.42 Å². The molecule has 0 fully saturated rings. The first kappa shape index (κ1) is 11.1. The van der Waals surface area contributed by atoms with E-state index in [1.54, 1.807) is 31.1 Å². The predicted octanol–water partition coefficient (Wildman–Crippen LogP) is 2.70. The quantitative estimate of drug-likeness (QED) is 0.851. The summed E-state index contributed by atoms with van der Waals surface area (Å²) in [6, 6.07) is 4.95. The van der Waals surface area contributed by atoms with Gasteiger partial charge in [0.25, 0.3) is 0 Å². The number of benzene rings is 1. The van der Waals surface area contributed by atoms with Crippen molar-refractivity contribution in [2.75, 3.05) is 19.0 Å². The maximum absolute atomic E-state index is 13.0. The first-order valence-electron chi connectivity index (χ1n) is 4.54. The summed E-state index contributed by atoms with van der Waals surface area (Å²) in [6.45, 7) is 0. The van der Waals surface area contributed by atoms with Crippen LogP contribution in [0.15, 0.2) is 27.1 Å². The molecule has 84 valence electrons. The Labute approximate surface area is 100 Å². The number of hydrogen-bond donors (Lipinski definition) is 0. The minimum Gasteiger partial charge on any atom is -0.403 e. The van der Waals surface area contributed by atoms with Crippen molar-refractivity contribution >= 4 is 21.9 Å². The van der Waals surface area contributed by atoms with Crippen LogP contribution in [-0.4, -0.2) is 24.3 Å². The van der Waals surface area contributed by atoms with Crippen LogP contribution in [0.5, 0.6) is 0 Å². The number of aromatic nitrogens is 2. The van der Waals surface area contributed by atoms with Gasteiger partial charge in [0, 0.05) is 19.7 Å². The van der Waals surface area contributed by atoms with Crippen LogP contribution >= 0.6 is 15.9 Å². The molecule has 2 aromatic rings. The van der Waals surface area contributed by atoms with Crippen molar-refractivity contribution < 1.29 is 8.81 Å². The highest BCUT2D eigenvalue weighted by Crippen LogP contribution is 2.25. The topological polar surface area (TPSA) is 42.2 Å². The Morgan fingerprint density at radius 3 is 2.62 bits per heavy atom. The van der Waals surface area contributed by atoms with Crippen LogP contribution in [0.4, 0.5) is 10.4 Å². The lowest BCUT2D eigenvalue weighted by molar-refractivity contribution is 0.565. The molecule has 0 amide bonds. The van der Waals surface area contributed by atoms with E-state index < -0.39 is 0 Å². The van der Waals surface area contributed by atoms with E-state index in [2.05, 4.69) is 26.1 Å². The molecule has 1 aromatic carbocycles. The molecule has 1 aromatic heterocycles. The fourth-order valence-corrected chi connectivity index (χ4v) is 1.52. The fourth-order valence-electron chi connectivity index (χ4n) is 1.14. The highest BCUT2D eigenvalue weighted by molar-refractivity contribution is 9.10. The lowest BCUT2D eigenvalue weighted by Gasteiger charge is -2.03. The number of hydrogen-bond acceptors (Lipinski definition) is 4. The molecule has 0 atom stereocenters. The van der Waals surface area contributed by atoms with Gasteiger partial charge in [0.2, 0.25) is 5.89 Å². The lowest BCUT2D eigenvalue weighted by Crippen LogP contribution is -2.08. The second-order valence-corrected chi connectivity index (χ2v) is 4.27. The first-order valence-corrected chi connectivity index (χ1v) is 5.33. The summed E-state index contributed by atoms with van der Waals surface area (Å²) in [4.78, 5) is 1.70. The van der Waals surface area contributed by atoms with Crippen molar-refractivity contribution in [1.29, 1.82) is 0 Å². The second kappa shape index (κ2) is 4.21. The Morgan fingerprint density at radius 2 is 2.06 bits per heavy atom. The van der Waals surface area contributed by atoms with Crippen LogP contribution in [-0.2, 0) is 0 Å². The molecule has 0 bridgehead atoms. The van der Waals surface area contributed by atoms with E-state index in [1.165, 1.54) is 6.07 Å². The predicted molar refractivity (Wildman–Crippen MR) is 61.7 cm³/mol. The number of rotatable bonds is 2. The third kappa shape index (κ3) is 2.06. The second-order valence-electron chi connectivity index (χ2n) is 3.41. The van der Waals surface area contributed by atoms with Crippen LogP contribution in [0.25, 0.3) is 11.5 Å². The van der Waals surface area contributed by atoms with Crippen molar-refractivity contribution in [1.82, 2.24) is 10.2 Å². The number of anilines is 1. The monoisotopic (exact) mass is 285 g/mol. The van der Waals surface area contributed by atoms with Gasteiger partial charge in [0.1, 0.15) is 5.82 Å². The summed E-state index contributed by atoms with van der Waals surface area (Å²) >= 11 is 3.10. The molecular weight excluding hydrogens is 277 g/mol. The normalized spacial score (nSPS) is 10.5. The maximum atomic E-state index is 13.0. The molecule has 1 heterocycles. The van der Waals surface area contributed by atoms with Gasteiger partial charge in [0.05, 0.1) is 4.47 Å². The Hall–Kier alpha value is -1.43. The Bertz CT molecular complexity index is 513. The van der Waals surface area contributed by atoms with Crippen LogP contribution < -0.4 is 4.90 Å². The van der Waals surface area contributed by atoms with Crippen LogP contribution in [0.2, 0.25) is 0 Å². The summed E-state index contributed by atoms with van der Waals surface area (Å²) in [6.07, 6.45) is 0. The Morgan fingerprint density at radius 1 is 1.31 bits per heavy atom. The zero-order valence-corrected chi connectivity index (χ0v) is 10.3. The summed E-state index contributed by atoms with van der Waals surface area (Å²) < 4.78 is 18.8. The molecule has 2 rings (SSSR count). The van der Waals surface area contributed by atoms with E-state index >= 15 is 0 Å². The van der Waals surface area contributed by atoms with Gasteiger partial charge < -0.3 is 9.32 Å². The standard InChI is InChI=1S/C10H9BrFN3O/c1-15(2)10-14-13-9(16-10)6-3-4-8(12)7(11)5-6/h3-5H,1-2H3. The smallest absolute Gasteiger partial charge is 0.317 e. The molecule has 0 radical (unpaired) electrons. The van der Waals surface area contributed by atoms with E-state index in [1.807, 2.05) is 0 Å². The van der Waals surface area contributed by atoms with Gasteiger partial charge in [-0.25, -0.2) is 4.39 Å². The molecule has 0 spiro atoms. The summed E-state index contributed by atoms with van der Waals surface area (Å²) in [5.74, 6) is 0.0421. The van der Waals surface area contributed by atoms with Crippen LogP contribution in [0.1, 0.15) is 0 Å². The van der Waals surface area contributed by atoms with E-state index in [0.717, 1.165) is 0 Å². The molecule has 0 saturated carbocycles. The van der Waals surface area contributed by atoms with Gasteiger partial charge >= 0.3 is 6.01 Å². The molecule has 0 aliphatic rings. The molecule has 0 aliphatic carbocycles. The molecule has 0 aliphatic heterocycles. The van der Waals surface area contributed by atoms with E-state index in [-0.39, 0.29) is 5.82 Å². The molecule has 0 N–H and O–H groups in total. The van der Waals surface area contributed by atoms with E-state index in [9.17, 15) is 4.39 Å². The van der Waals surface area contributed by atoms with Gasteiger partial charge in [0.15, 0.2) is 0 Å². The van der Waals surface area contributed by atoms with Crippen LogP contribution in [0.3, 0.4) is 0 Å². The third-order valence-corrected chi connectivity index (χ3v) is 2.57. The summed E-state index contributed by atoms with van der Waals surface area (Å²) in [5.41, 5.74) is 0.675. The van der Waals surface area contributed by atoms with Crippen molar-refractivity contribution in [2.45, 2.75) is 0 Å². The SMILES string of the molecule is CN(C)c1nnc(-c2ccc(F)c(Br)c2)o1. The maximum Gasteiger partial charge on any atom is 0.317 e. The molecule has 4 nitrogen and oxygen atoms in total. The third-order valence-electron chi connectivity index (χ3n) is 1.96. The van der Waals surface area contributed by atoms with Crippen molar-refractivity contribution in [3.05, 3.63) is 28.5 Å². The largest absolute Gasteiger partial charge is 0.403 e. The van der Waals surface area contributed by atoms with Crippen molar-refractivity contribution in [3.8, 4) is 11.5 Å². The molecule has 6 heteroatoms. The molecule has 0 saturated heterocycles. The van der Waals surface area contributed by atoms with Gasteiger partial charge in [-0.05, 0) is 34.1 Å². The summed E-state index contributed by atoms with van der Waals surface area (Å²) in [5, 5.41) is 7.72. The van der Waals surface area contributed by atoms with Gasteiger partial charge in [-0.15, -0.1) is 5.10 Å². The highest BCUT2D eigenvalue weighted by atomic mass is 79.9. The van der Waals surface area contributed by atoms with Crippen molar-refractivity contribution in [2.24, 2.45) is 0 Å². The van der Waals surface area contributed by atoms with Gasteiger partial charge in [-0.3, -0.25) is 0 Å².